The highest BCUT2D eigenvalue weighted by Crippen LogP contribution is 2.24. The minimum absolute atomic E-state index is 0.0721. The molecule has 1 amide bonds. The number of rotatable bonds is 7. The Bertz CT molecular complexity index is 910. The fourth-order valence-electron chi connectivity index (χ4n) is 3.84. The quantitative estimate of drug-likeness (QED) is 0.579. The first-order chi connectivity index (χ1) is 15.2. The molecule has 0 saturated carbocycles. The maximum absolute atomic E-state index is 14.7. The summed E-state index contributed by atoms with van der Waals surface area (Å²) in [6.45, 7) is 7.02. The van der Waals surface area contributed by atoms with E-state index in [0.29, 0.717) is 5.56 Å². The Balaban J connectivity index is 1.73. The Kier molecular flexibility index (Phi) is 8.07. The van der Waals surface area contributed by atoms with Gasteiger partial charge in [-0.3, -0.25) is 0 Å². The zero-order valence-electron chi connectivity index (χ0n) is 19.2. The second kappa shape index (κ2) is 10.8. The zero-order valence-corrected chi connectivity index (χ0v) is 19.2. The van der Waals surface area contributed by atoms with E-state index in [4.69, 9.17) is 9.47 Å². The first-order valence-corrected chi connectivity index (χ1v) is 11.1. The van der Waals surface area contributed by atoms with E-state index in [1.165, 1.54) is 17.0 Å². The summed E-state index contributed by atoms with van der Waals surface area (Å²) >= 11 is 0. The molecule has 3 rings (SSSR count). The lowest BCUT2D eigenvalue weighted by Gasteiger charge is -2.36. The molecule has 0 atom stereocenters. The van der Waals surface area contributed by atoms with Gasteiger partial charge < -0.3 is 19.3 Å². The van der Waals surface area contributed by atoms with Crippen molar-refractivity contribution in [3.8, 4) is 5.75 Å². The van der Waals surface area contributed by atoms with Crippen molar-refractivity contribution < 1.29 is 23.0 Å². The van der Waals surface area contributed by atoms with Crippen molar-refractivity contribution in [3.05, 3.63) is 64.7 Å². The number of hydrogen-bond acceptors (Lipinski definition) is 4. The molecule has 0 N–H and O–H groups in total. The Morgan fingerprint density at radius 2 is 1.78 bits per heavy atom. The molecule has 1 aliphatic heterocycles. The molecule has 0 radical (unpaired) electrons. The molecular formula is C25H32F2N2O3. The molecule has 0 bridgehead atoms. The van der Waals surface area contributed by atoms with E-state index in [9.17, 15) is 13.6 Å². The van der Waals surface area contributed by atoms with Crippen molar-refractivity contribution in [2.45, 2.75) is 58.9 Å². The van der Waals surface area contributed by atoms with Gasteiger partial charge in [-0.25, -0.2) is 13.6 Å². The van der Waals surface area contributed by atoms with Gasteiger partial charge in [-0.05, 0) is 83.1 Å². The number of amides is 1. The molecule has 5 nitrogen and oxygen atoms in total. The van der Waals surface area contributed by atoms with Crippen molar-refractivity contribution >= 4 is 6.09 Å². The van der Waals surface area contributed by atoms with Crippen LogP contribution in [0.1, 0.15) is 43.4 Å². The number of hydrogen-bond donors (Lipinski definition) is 0. The van der Waals surface area contributed by atoms with Gasteiger partial charge in [0.2, 0.25) is 0 Å². The number of aryl methyl sites for hydroxylation is 1. The monoisotopic (exact) mass is 446 g/mol. The lowest BCUT2D eigenvalue weighted by molar-refractivity contribution is 0.0594. The molecule has 32 heavy (non-hydrogen) atoms. The molecule has 0 aromatic heterocycles. The predicted octanol–water partition coefficient (Wildman–Crippen LogP) is 5.29. The highest BCUT2D eigenvalue weighted by atomic mass is 19.1. The van der Waals surface area contributed by atoms with Crippen LogP contribution in [0, 0.1) is 18.6 Å². The summed E-state index contributed by atoms with van der Waals surface area (Å²) in [5.74, 6) is -0.524. The molecule has 0 unspecified atom stereocenters. The van der Waals surface area contributed by atoms with Gasteiger partial charge in [0.25, 0.3) is 0 Å². The molecular weight excluding hydrogens is 414 g/mol. The summed E-state index contributed by atoms with van der Waals surface area (Å²) in [6.07, 6.45) is 0.954. The highest BCUT2D eigenvalue weighted by molar-refractivity contribution is 5.68. The molecule has 0 aliphatic carbocycles. The van der Waals surface area contributed by atoms with E-state index in [-0.39, 0.29) is 30.9 Å². The number of carbonyl (C=O) groups excluding carboxylic acids is 1. The number of likely N-dealkylation sites (tertiary alicyclic amines) is 1. The summed E-state index contributed by atoms with van der Waals surface area (Å²) in [5.41, 5.74) is 1.06. The van der Waals surface area contributed by atoms with Crippen molar-refractivity contribution in [1.29, 1.82) is 0 Å². The van der Waals surface area contributed by atoms with Crippen LogP contribution in [0.4, 0.5) is 13.6 Å². The second-order valence-corrected chi connectivity index (χ2v) is 8.68. The smallest absolute Gasteiger partial charge is 0.410 e. The van der Waals surface area contributed by atoms with Crippen LogP contribution in [0.15, 0.2) is 36.4 Å². The third-order valence-electron chi connectivity index (χ3n) is 5.73. The largest absolute Gasteiger partial charge is 0.491 e. The van der Waals surface area contributed by atoms with Gasteiger partial charge >= 0.3 is 6.09 Å². The molecule has 7 heteroatoms. The Labute approximate surface area is 188 Å². The molecule has 2 aromatic carbocycles. The fourth-order valence-corrected chi connectivity index (χ4v) is 3.84. The number of nitrogens with zero attached hydrogens (tertiary/aromatic N) is 2. The van der Waals surface area contributed by atoms with Crippen LogP contribution in [-0.4, -0.2) is 48.2 Å². The SMILES string of the molecule is Cc1ccc(F)c(CN(C(=O)OCc2ccc(OC(C)C)cc2)C2CCN(C)CC2)c1F. The minimum Gasteiger partial charge on any atom is -0.491 e. The van der Waals surface area contributed by atoms with Gasteiger partial charge in [-0.15, -0.1) is 0 Å². The van der Waals surface area contributed by atoms with Crippen LogP contribution in [0.25, 0.3) is 0 Å². The first kappa shape index (κ1) is 24.0. The zero-order chi connectivity index (χ0) is 23.3. The maximum atomic E-state index is 14.7. The van der Waals surface area contributed by atoms with Crippen molar-refractivity contribution in [2.24, 2.45) is 0 Å². The van der Waals surface area contributed by atoms with E-state index in [1.807, 2.05) is 45.2 Å². The summed E-state index contributed by atoms with van der Waals surface area (Å²) in [5, 5.41) is 0. The van der Waals surface area contributed by atoms with Crippen LogP contribution in [0.3, 0.4) is 0 Å². The van der Waals surface area contributed by atoms with E-state index < -0.39 is 17.7 Å². The third kappa shape index (κ3) is 6.19. The van der Waals surface area contributed by atoms with Crippen LogP contribution < -0.4 is 4.74 Å². The molecule has 1 fully saturated rings. The average molecular weight is 447 g/mol. The number of benzene rings is 2. The topological polar surface area (TPSA) is 42.0 Å². The predicted molar refractivity (Wildman–Crippen MR) is 120 cm³/mol. The van der Waals surface area contributed by atoms with E-state index >= 15 is 0 Å². The number of piperidine rings is 1. The van der Waals surface area contributed by atoms with Gasteiger partial charge in [-0.1, -0.05) is 18.2 Å². The van der Waals surface area contributed by atoms with Crippen LogP contribution in [-0.2, 0) is 17.9 Å². The van der Waals surface area contributed by atoms with Gasteiger partial charge in [0.05, 0.1) is 12.6 Å². The third-order valence-corrected chi connectivity index (χ3v) is 5.73. The molecule has 2 aromatic rings. The van der Waals surface area contributed by atoms with Gasteiger partial charge in [-0.2, -0.15) is 0 Å². The van der Waals surface area contributed by atoms with E-state index in [2.05, 4.69) is 4.90 Å². The van der Waals surface area contributed by atoms with Crippen LogP contribution in [0.2, 0.25) is 0 Å². The first-order valence-electron chi connectivity index (χ1n) is 11.1. The number of carbonyl (C=O) groups is 1. The Hall–Kier alpha value is -2.67. The summed E-state index contributed by atoms with van der Waals surface area (Å²) < 4.78 is 40.3. The normalized spacial score (nSPS) is 15.1. The number of ether oxygens (including phenoxy) is 2. The van der Waals surface area contributed by atoms with Crippen molar-refractivity contribution in [1.82, 2.24) is 9.80 Å². The summed E-state index contributed by atoms with van der Waals surface area (Å²) in [4.78, 5) is 16.7. The van der Waals surface area contributed by atoms with Gasteiger partial charge in [0, 0.05) is 11.6 Å². The molecule has 1 saturated heterocycles. The highest BCUT2D eigenvalue weighted by Gasteiger charge is 2.30. The fraction of sp³-hybridized carbons (Fsp3) is 0.480. The van der Waals surface area contributed by atoms with Gasteiger partial charge in [0.1, 0.15) is 24.0 Å². The standard InChI is InChI=1S/C25H32F2N2O3/c1-17(2)32-21-8-6-19(7-9-21)16-31-25(30)29(20-11-13-28(4)14-12-20)15-22-23(26)10-5-18(3)24(22)27/h5-10,17,20H,11-16H2,1-4H3. The van der Waals surface area contributed by atoms with E-state index in [0.717, 1.165) is 37.2 Å². The summed E-state index contributed by atoms with van der Waals surface area (Å²) in [6, 6.07) is 9.84. The summed E-state index contributed by atoms with van der Waals surface area (Å²) in [7, 11) is 2.02. The van der Waals surface area contributed by atoms with Crippen LogP contribution >= 0.6 is 0 Å². The minimum atomic E-state index is -0.653. The molecule has 1 heterocycles. The van der Waals surface area contributed by atoms with E-state index in [1.54, 1.807) is 6.92 Å². The molecule has 1 aliphatic rings. The van der Waals surface area contributed by atoms with Crippen molar-refractivity contribution in [3.63, 3.8) is 0 Å². The second-order valence-electron chi connectivity index (χ2n) is 8.68. The maximum Gasteiger partial charge on any atom is 0.410 e. The Morgan fingerprint density at radius 1 is 1.12 bits per heavy atom. The number of halogens is 2. The van der Waals surface area contributed by atoms with Crippen LogP contribution in [0.5, 0.6) is 5.75 Å². The molecule has 0 spiro atoms. The van der Waals surface area contributed by atoms with Crippen molar-refractivity contribution in [2.75, 3.05) is 20.1 Å². The lowest BCUT2D eigenvalue weighted by atomic mass is 10.0. The lowest BCUT2D eigenvalue weighted by Crippen LogP contribution is -2.46. The average Bonchev–Trinajstić information content (AvgIpc) is 2.76. The van der Waals surface area contributed by atoms with Gasteiger partial charge in [0.15, 0.2) is 0 Å². The Morgan fingerprint density at radius 3 is 2.41 bits per heavy atom. The molecule has 174 valence electrons.